The molecule has 8 nitrogen and oxygen atoms in total. The molecule has 39 heavy (non-hydrogen) atoms. The van der Waals surface area contributed by atoms with Crippen molar-refractivity contribution in [3.8, 4) is 11.4 Å². The first-order valence-corrected chi connectivity index (χ1v) is 12.6. The van der Waals surface area contributed by atoms with E-state index in [4.69, 9.17) is 4.74 Å². The molecule has 3 aromatic carbocycles. The number of nitrogens with one attached hydrogen (secondary N) is 1. The number of carbonyl (C=O) groups excluding carboxylic acids is 1. The van der Waals surface area contributed by atoms with Gasteiger partial charge in [-0.25, -0.2) is 9.18 Å². The number of aryl methyl sites for hydroxylation is 2. The van der Waals surface area contributed by atoms with Crippen molar-refractivity contribution in [1.82, 2.24) is 19.3 Å². The Balaban J connectivity index is 1.59. The Kier molecular flexibility index (Phi) is 6.98. The number of ether oxygens (including phenoxy) is 1. The number of amides is 1. The van der Waals surface area contributed by atoms with Crippen LogP contribution in [0.5, 0.6) is 5.75 Å². The van der Waals surface area contributed by atoms with E-state index in [1.807, 2.05) is 69.3 Å². The number of hydrogen-bond acceptors (Lipinski definition) is 5. The summed E-state index contributed by atoms with van der Waals surface area (Å²) in [4.78, 5) is 30.9. The number of nitrogens with zero attached hydrogens (tertiary/aromatic N) is 4. The van der Waals surface area contributed by atoms with Gasteiger partial charge in [0, 0.05) is 30.6 Å². The predicted octanol–water partition coefficient (Wildman–Crippen LogP) is 5.52. The molecule has 0 aliphatic carbocycles. The molecule has 0 fully saturated rings. The lowest BCUT2D eigenvalue weighted by molar-refractivity contribution is 0.102. The number of hydrogen-bond donors (Lipinski definition) is 1. The first-order chi connectivity index (χ1) is 18.8. The maximum Gasteiger partial charge on any atom is 0.350 e. The molecule has 9 heteroatoms. The molecular formula is C30H28FN5O3. The highest BCUT2D eigenvalue weighted by Crippen LogP contribution is 2.31. The fourth-order valence-electron chi connectivity index (χ4n) is 4.46. The standard InChI is InChI=1S/C30H28FN5O3/c1-5-28-34-36(30(38)35(28)4)26-17-27(39-19(3)20-10-7-6-8-11-20)22(16-23(26)31)29(37)33-25-13-9-12-24-21(25)15-14-18(2)32-24/h6-17,19H,5H2,1-4H3,(H,33,37). The van der Waals surface area contributed by atoms with Crippen molar-refractivity contribution in [2.75, 3.05) is 5.32 Å². The van der Waals surface area contributed by atoms with Crippen LogP contribution in [0.15, 0.2) is 77.6 Å². The van der Waals surface area contributed by atoms with Gasteiger partial charge in [0.05, 0.1) is 16.8 Å². The van der Waals surface area contributed by atoms with Gasteiger partial charge in [0.1, 0.15) is 29.2 Å². The average molecular weight is 526 g/mol. The largest absolute Gasteiger partial charge is 0.485 e. The van der Waals surface area contributed by atoms with E-state index in [-0.39, 0.29) is 17.0 Å². The maximum absolute atomic E-state index is 15.5. The van der Waals surface area contributed by atoms with Crippen LogP contribution in [0.2, 0.25) is 0 Å². The molecule has 0 spiro atoms. The first kappa shape index (κ1) is 25.8. The van der Waals surface area contributed by atoms with Crippen molar-refractivity contribution in [1.29, 1.82) is 0 Å². The molecule has 0 saturated carbocycles. The molecule has 5 rings (SSSR count). The molecule has 1 atom stereocenters. The molecule has 0 saturated heterocycles. The van der Waals surface area contributed by atoms with E-state index in [0.717, 1.165) is 32.9 Å². The van der Waals surface area contributed by atoms with E-state index in [0.29, 0.717) is 17.9 Å². The lowest BCUT2D eigenvalue weighted by atomic mass is 10.1. The van der Waals surface area contributed by atoms with E-state index >= 15 is 4.39 Å². The third-order valence-electron chi connectivity index (χ3n) is 6.60. The number of fused-ring (bicyclic) bond motifs is 1. The van der Waals surface area contributed by atoms with Crippen LogP contribution in [0.4, 0.5) is 10.1 Å². The molecule has 1 N–H and O–H groups in total. The smallest absolute Gasteiger partial charge is 0.350 e. The summed E-state index contributed by atoms with van der Waals surface area (Å²) in [6.45, 7) is 5.58. The van der Waals surface area contributed by atoms with Crippen molar-refractivity contribution in [3.05, 3.63) is 112 Å². The van der Waals surface area contributed by atoms with Gasteiger partial charge in [-0.3, -0.25) is 14.3 Å². The lowest BCUT2D eigenvalue weighted by Crippen LogP contribution is -2.23. The van der Waals surface area contributed by atoms with Gasteiger partial charge in [-0.2, -0.15) is 4.68 Å². The zero-order valence-electron chi connectivity index (χ0n) is 22.1. The van der Waals surface area contributed by atoms with Gasteiger partial charge in [-0.1, -0.05) is 43.3 Å². The van der Waals surface area contributed by atoms with Crippen LogP contribution in [0.1, 0.15) is 47.4 Å². The van der Waals surface area contributed by atoms with E-state index in [2.05, 4.69) is 15.4 Å². The number of carbonyl (C=O) groups is 1. The van der Waals surface area contributed by atoms with E-state index in [1.54, 1.807) is 19.2 Å². The maximum atomic E-state index is 15.5. The number of pyridine rings is 1. The van der Waals surface area contributed by atoms with Crippen molar-refractivity contribution in [2.45, 2.75) is 33.3 Å². The molecule has 2 heterocycles. The summed E-state index contributed by atoms with van der Waals surface area (Å²) < 4.78 is 24.1. The summed E-state index contributed by atoms with van der Waals surface area (Å²) >= 11 is 0. The van der Waals surface area contributed by atoms with Gasteiger partial charge in [0.2, 0.25) is 0 Å². The number of anilines is 1. The van der Waals surface area contributed by atoms with Crippen LogP contribution in [0.3, 0.4) is 0 Å². The third-order valence-corrected chi connectivity index (χ3v) is 6.60. The fourth-order valence-corrected chi connectivity index (χ4v) is 4.46. The summed E-state index contributed by atoms with van der Waals surface area (Å²) in [6, 6.07) is 21.0. The molecule has 0 aliphatic rings. The minimum atomic E-state index is -0.780. The fraction of sp³-hybridized carbons (Fsp3) is 0.200. The van der Waals surface area contributed by atoms with Gasteiger partial charge in [-0.15, -0.1) is 5.10 Å². The van der Waals surface area contributed by atoms with Gasteiger partial charge in [0.25, 0.3) is 5.91 Å². The minimum Gasteiger partial charge on any atom is -0.485 e. The second kappa shape index (κ2) is 10.5. The first-order valence-electron chi connectivity index (χ1n) is 12.6. The monoisotopic (exact) mass is 525 g/mol. The van der Waals surface area contributed by atoms with Crippen molar-refractivity contribution >= 4 is 22.5 Å². The summed E-state index contributed by atoms with van der Waals surface area (Å²) in [6.07, 6.45) is 0.0294. The number of halogens is 1. The molecule has 0 radical (unpaired) electrons. The number of rotatable bonds is 7. The van der Waals surface area contributed by atoms with Crippen LogP contribution in [-0.4, -0.2) is 25.2 Å². The zero-order valence-corrected chi connectivity index (χ0v) is 22.1. The summed E-state index contributed by atoms with van der Waals surface area (Å²) in [5, 5.41) is 7.92. The van der Waals surface area contributed by atoms with Crippen molar-refractivity contribution in [2.24, 2.45) is 7.05 Å². The van der Waals surface area contributed by atoms with Crippen molar-refractivity contribution in [3.63, 3.8) is 0 Å². The van der Waals surface area contributed by atoms with Crippen LogP contribution >= 0.6 is 0 Å². The Morgan fingerprint density at radius 3 is 2.56 bits per heavy atom. The molecule has 0 aliphatic heterocycles. The molecule has 1 unspecified atom stereocenters. The normalized spacial score (nSPS) is 11.9. The Morgan fingerprint density at radius 2 is 1.85 bits per heavy atom. The molecule has 1 amide bonds. The Labute approximate surface area is 224 Å². The van der Waals surface area contributed by atoms with Gasteiger partial charge in [0.15, 0.2) is 0 Å². The zero-order chi connectivity index (χ0) is 27.7. The highest BCUT2D eigenvalue weighted by Gasteiger charge is 2.23. The SMILES string of the molecule is CCc1nn(-c2cc(OC(C)c3ccccc3)c(C(=O)Nc3cccc4nc(C)ccc34)cc2F)c(=O)n1C. The molecule has 0 bridgehead atoms. The summed E-state index contributed by atoms with van der Waals surface area (Å²) in [5.41, 5.74) is 2.36. The van der Waals surface area contributed by atoms with Crippen LogP contribution in [0, 0.1) is 12.7 Å². The van der Waals surface area contributed by atoms with Crippen LogP contribution in [0.25, 0.3) is 16.6 Å². The second-order valence-electron chi connectivity index (χ2n) is 9.27. The Hall–Kier alpha value is -4.79. The minimum absolute atomic E-state index is 0.0178. The van der Waals surface area contributed by atoms with E-state index in [9.17, 15) is 9.59 Å². The summed E-state index contributed by atoms with van der Waals surface area (Å²) in [5.74, 6) is -0.726. The topological polar surface area (TPSA) is 91.0 Å². The lowest BCUT2D eigenvalue weighted by Gasteiger charge is -2.19. The molecule has 198 valence electrons. The van der Waals surface area contributed by atoms with Crippen molar-refractivity contribution < 1.29 is 13.9 Å². The Bertz CT molecular complexity index is 1740. The van der Waals surface area contributed by atoms with Crippen LogP contribution < -0.4 is 15.7 Å². The number of aromatic nitrogens is 4. The number of benzene rings is 3. The van der Waals surface area contributed by atoms with E-state index in [1.165, 1.54) is 10.6 Å². The van der Waals surface area contributed by atoms with Gasteiger partial charge in [-0.05, 0) is 49.7 Å². The second-order valence-corrected chi connectivity index (χ2v) is 9.27. The van der Waals surface area contributed by atoms with E-state index < -0.39 is 23.5 Å². The van der Waals surface area contributed by atoms with Gasteiger partial charge >= 0.3 is 5.69 Å². The average Bonchev–Trinajstić information content (AvgIpc) is 3.22. The van der Waals surface area contributed by atoms with Crippen LogP contribution in [-0.2, 0) is 13.5 Å². The predicted molar refractivity (Wildman–Crippen MR) is 148 cm³/mol. The van der Waals surface area contributed by atoms with Gasteiger partial charge < -0.3 is 10.1 Å². The highest BCUT2D eigenvalue weighted by atomic mass is 19.1. The molecule has 2 aromatic heterocycles. The quantitative estimate of drug-likeness (QED) is 0.302. The highest BCUT2D eigenvalue weighted by molar-refractivity contribution is 6.10. The molecular weight excluding hydrogens is 497 g/mol. The Morgan fingerprint density at radius 1 is 1.08 bits per heavy atom. The summed E-state index contributed by atoms with van der Waals surface area (Å²) in [7, 11) is 1.58. The third kappa shape index (κ3) is 5.03. The molecule has 5 aromatic rings.